The highest BCUT2D eigenvalue weighted by Crippen LogP contribution is 2.29. The van der Waals surface area contributed by atoms with Crippen LogP contribution < -0.4 is 5.32 Å². The number of nitrogens with one attached hydrogen (secondary N) is 1. The third-order valence-corrected chi connectivity index (χ3v) is 3.96. The maximum Gasteiger partial charge on any atom is 0.416 e. The summed E-state index contributed by atoms with van der Waals surface area (Å²) in [5.41, 5.74) is -0.351. The molecule has 0 unspecified atom stereocenters. The summed E-state index contributed by atoms with van der Waals surface area (Å²) in [4.78, 5) is 16.4. The number of alkyl halides is 3. The minimum atomic E-state index is -4.37. The van der Waals surface area contributed by atoms with Crippen molar-refractivity contribution in [2.24, 2.45) is 5.92 Å². The average molecular weight is 343 g/mol. The number of hydrogen-bond donors (Lipinski definition) is 1. The number of benzene rings is 1. The van der Waals surface area contributed by atoms with Gasteiger partial charge in [0.05, 0.1) is 5.56 Å². The van der Waals surface area contributed by atoms with Crippen LogP contribution in [0.4, 0.5) is 23.7 Å². The third-order valence-electron chi connectivity index (χ3n) is 3.96. The molecular formula is C17H24F3N3O. The number of halogens is 3. The summed E-state index contributed by atoms with van der Waals surface area (Å²) in [5.74, 6) is 0.581. The summed E-state index contributed by atoms with van der Waals surface area (Å²) in [7, 11) is 0. The second-order valence-corrected chi connectivity index (χ2v) is 6.54. The number of urea groups is 1. The molecule has 134 valence electrons. The van der Waals surface area contributed by atoms with Crippen LogP contribution in [0.1, 0.15) is 25.8 Å². The van der Waals surface area contributed by atoms with Gasteiger partial charge in [0.1, 0.15) is 0 Å². The smallest absolute Gasteiger partial charge is 0.323 e. The predicted octanol–water partition coefficient (Wildman–Crippen LogP) is 3.90. The number of carbonyl (C=O) groups is 1. The Balaban J connectivity index is 1.90. The Labute approximate surface area is 140 Å². The molecule has 2 rings (SSSR count). The molecule has 0 radical (unpaired) electrons. The summed E-state index contributed by atoms with van der Waals surface area (Å²) in [6.45, 7) is 8.40. The van der Waals surface area contributed by atoms with E-state index in [2.05, 4.69) is 24.1 Å². The molecule has 1 aliphatic rings. The van der Waals surface area contributed by atoms with E-state index in [1.807, 2.05) is 0 Å². The van der Waals surface area contributed by atoms with Gasteiger partial charge in [0.15, 0.2) is 0 Å². The summed E-state index contributed by atoms with van der Waals surface area (Å²) in [6.07, 6.45) is -3.47. The Morgan fingerprint density at radius 2 is 1.79 bits per heavy atom. The lowest BCUT2D eigenvalue weighted by Gasteiger charge is -2.23. The number of carbonyl (C=O) groups excluding carboxylic acids is 1. The molecule has 0 aromatic heterocycles. The molecule has 1 aromatic carbocycles. The lowest BCUT2D eigenvalue weighted by Crippen LogP contribution is -2.38. The fourth-order valence-corrected chi connectivity index (χ4v) is 2.82. The van der Waals surface area contributed by atoms with E-state index in [4.69, 9.17) is 0 Å². The summed E-state index contributed by atoms with van der Waals surface area (Å²) in [5, 5.41) is 2.67. The molecule has 4 nitrogen and oxygen atoms in total. The van der Waals surface area contributed by atoms with Gasteiger partial charge in [0.2, 0.25) is 0 Å². The summed E-state index contributed by atoms with van der Waals surface area (Å²) in [6, 6.07) is 4.25. The number of amides is 2. The normalized spacial score (nSPS) is 17.0. The zero-order chi connectivity index (χ0) is 17.7. The van der Waals surface area contributed by atoms with Crippen molar-refractivity contribution in [3.8, 4) is 0 Å². The molecule has 7 heteroatoms. The van der Waals surface area contributed by atoms with E-state index in [0.717, 1.165) is 38.2 Å². The van der Waals surface area contributed by atoms with Crippen LogP contribution in [0.2, 0.25) is 0 Å². The van der Waals surface area contributed by atoms with E-state index in [1.54, 1.807) is 4.90 Å². The van der Waals surface area contributed by atoms with Gasteiger partial charge < -0.3 is 15.1 Å². The first-order chi connectivity index (χ1) is 11.3. The average Bonchev–Trinajstić information content (AvgIpc) is 2.72. The van der Waals surface area contributed by atoms with E-state index in [9.17, 15) is 18.0 Å². The van der Waals surface area contributed by atoms with Gasteiger partial charge >= 0.3 is 12.2 Å². The monoisotopic (exact) mass is 343 g/mol. The standard InChI is InChI=1S/C17H24F3N3O/c1-13(2)12-22-8-3-9-23(11-10-22)16(24)21-15-6-4-14(5-7-15)17(18,19)20/h4-7,13H,3,8-12H2,1-2H3,(H,21,24). The Morgan fingerprint density at radius 3 is 2.38 bits per heavy atom. The first kappa shape index (κ1) is 18.6. The summed E-state index contributed by atoms with van der Waals surface area (Å²) >= 11 is 0. The van der Waals surface area contributed by atoms with Crippen LogP contribution >= 0.6 is 0 Å². The molecule has 1 fully saturated rings. The molecule has 24 heavy (non-hydrogen) atoms. The zero-order valence-corrected chi connectivity index (χ0v) is 14.1. The van der Waals surface area contributed by atoms with Crippen molar-refractivity contribution in [1.82, 2.24) is 9.80 Å². The minimum absolute atomic E-state index is 0.263. The van der Waals surface area contributed by atoms with Crippen LogP contribution in [0, 0.1) is 5.92 Å². The van der Waals surface area contributed by atoms with E-state index in [0.29, 0.717) is 24.7 Å². The molecule has 1 N–H and O–H groups in total. The van der Waals surface area contributed by atoms with Crippen LogP contribution in [0.25, 0.3) is 0 Å². The van der Waals surface area contributed by atoms with Gasteiger partial charge in [-0.05, 0) is 43.1 Å². The van der Waals surface area contributed by atoms with Crippen molar-refractivity contribution in [3.63, 3.8) is 0 Å². The SMILES string of the molecule is CC(C)CN1CCCN(C(=O)Nc2ccc(C(F)(F)F)cc2)CC1. The highest BCUT2D eigenvalue weighted by Gasteiger charge is 2.30. The van der Waals surface area contributed by atoms with Crippen LogP contribution in [-0.4, -0.2) is 48.6 Å². The molecule has 0 bridgehead atoms. The minimum Gasteiger partial charge on any atom is -0.323 e. The molecule has 0 aliphatic carbocycles. The topological polar surface area (TPSA) is 35.6 Å². The van der Waals surface area contributed by atoms with Crippen molar-refractivity contribution < 1.29 is 18.0 Å². The maximum absolute atomic E-state index is 12.5. The molecule has 1 aliphatic heterocycles. The van der Waals surface area contributed by atoms with Gasteiger partial charge in [0.25, 0.3) is 0 Å². The Kier molecular flexibility index (Phi) is 6.10. The molecule has 2 amide bonds. The van der Waals surface area contributed by atoms with Gasteiger partial charge in [-0.3, -0.25) is 0 Å². The first-order valence-electron chi connectivity index (χ1n) is 8.21. The van der Waals surface area contributed by atoms with Crippen molar-refractivity contribution in [3.05, 3.63) is 29.8 Å². The second-order valence-electron chi connectivity index (χ2n) is 6.54. The van der Waals surface area contributed by atoms with E-state index in [1.165, 1.54) is 12.1 Å². The van der Waals surface area contributed by atoms with Gasteiger partial charge in [-0.1, -0.05) is 13.8 Å². The Morgan fingerprint density at radius 1 is 1.12 bits per heavy atom. The van der Waals surface area contributed by atoms with Gasteiger partial charge in [-0.2, -0.15) is 13.2 Å². The largest absolute Gasteiger partial charge is 0.416 e. The van der Waals surface area contributed by atoms with Crippen molar-refractivity contribution in [2.45, 2.75) is 26.4 Å². The molecule has 0 spiro atoms. The van der Waals surface area contributed by atoms with E-state index >= 15 is 0 Å². The number of nitrogens with zero attached hydrogens (tertiary/aromatic N) is 2. The lowest BCUT2D eigenvalue weighted by atomic mass is 10.2. The second kappa shape index (κ2) is 7.88. The fraction of sp³-hybridized carbons (Fsp3) is 0.588. The van der Waals surface area contributed by atoms with Crippen LogP contribution in [-0.2, 0) is 6.18 Å². The third kappa shape index (κ3) is 5.40. The fourth-order valence-electron chi connectivity index (χ4n) is 2.82. The Hall–Kier alpha value is -1.76. The summed E-state index contributed by atoms with van der Waals surface area (Å²) < 4.78 is 37.6. The number of rotatable bonds is 3. The number of hydrogen-bond acceptors (Lipinski definition) is 2. The zero-order valence-electron chi connectivity index (χ0n) is 14.1. The molecular weight excluding hydrogens is 319 g/mol. The number of anilines is 1. The molecule has 0 atom stereocenters. The maximum atomic E-state index is 12.5. The van der Waals surface area contributed by atoms with Crippen molar-refractivity contribution >= 4 is 11.7 Å². The van der Waals surface area contributed by atoms with Crippen LogP contribution in [0.15, 0.2) is 24.3 Å². The predicted molar refractivity (Wildman–Crippen MR) is 87.9 cm³/mol. The van der Waals surface area contributed by atoms with Gasteiger partial charge in [-0.15, -0.1) is 0 Å². The van der Waals surface area contributed by atoms with E-state index < -0.39 is 11.7 Å². The van der Waals surface area contributed by atoms with Crippen molar-refractivity contribution in [1.29, 1.82) is 0 Å². The lowest BCUT2D eigenvalue weighted by molar-refractivity contribution is -0.137. The molecule has 1 saturated heterocycles. The molecule has 1 aromatic rings. The van der Waals surface area contributed by atoms with Crippen molar-refractivity contribution in [2.75, 3.05) is 38.0 Å². The van der Waals surface area contributed by atoms with E-state index in [-0.39, 0.29) is 6.03 Å². The highest BCUT2D eigenvalue weighted by atomic mass is 19.4. The van der Waals surface area contributed by atoms with Crippen LogP contribution in [0.3, 0.4) is 0 Å². The highest BCUT2D eigenvalue weighted by molar-refractivity contribution is 5.89. The molecule has 1 heterocycles. The van der Waals surface area contributed by atoms with Gasteiger partial charge in [0, 0.05) is 31.9 Å². The first-order valence-corrected chi connectivity index (χ1v) is 8.21. The van der Waals surface area contributed by atoms with Crippen LogP contribution in [0.5, 0.6) is 0 Å². The quantitative estimate of drug-likeness (QED) is 0.903. The molecule has 0 saturated carbocycles. The van der Waals surface area contributed by atoms with Gasteiger partial charge in [-0.25, -0.2) is 4.79 Å². The Bertz CT molecular complexity index is 543.